The first-order chi connectivity index (χ1) is 14.1. The van der Waals surface area contributed by atoms with Crippen molar-refractivity contribution in [1.29, 1.82) is 0 Å². The fourth-order valence-electron chi connectivity index (χ4n) is 2.15. The molecular weight excluding hydrogens is 438 g/mol. The lowest BCUT2D eigenvalue weighted by Gasteiger charge is -2.24. The second kappa shape index (κ2) is 14.9. The molecule has 0 aromatic heterocycles. The molecule has 0 bridgehead atoms. The summed E-state index contributed by atoms with van der Waals surface area (Å²) in [6, 6.07) is -4.89. The summed E-state index contributed by atoms with van der Waals surface area (Å²) in [6.07, 6.45) is 1.57. The van der Waals surface area contributed by atoms with Crippen LogP contribution >= 0.6 is 24.4 Å². The van der Waals surface area contributed by atoms with Crippen LogP contribution in [0.25, 0.3) is 0 Å². The summed E-state index contributed by atoms with van der Waals surface area (Å²) >= 11 is 5.42. The number of hydrogen-bond donors (Lipinski definition) is 8. The van der Waals surface area contributed by atoms with Gasteiger partial charge in [-0.2, -0.15) is 24.4 Å². The highest BCUT2D eigenvalue weighted by atomic mass is 32.2. The zero-order chi connectivity index (χ0) is 23.3. The minimum Gasteiger partial charge on any atom is -0.480 e. The Morgan fingerprint density at radius 2 is 1.50 bits per heavy atom. The van der Waals surface area contributed by atoms with E-state index in [-0.39, 0.29) is 25.0 Å². The van der Waals surface area contributed by atoms with Crippen LogP contribution in [0.5, 0.6) is 0 Å². The number of aliphatic carboxylic acids is 1. The number of rotatable bonds is 15. The molecule has 14 heteroatoms. The van der Waals surface area contributed by atoms with E-state index in [1.54, 1.807) is 6.26 Å². The van der Waals surface area contributed by atoms with Crippen LogP contribution in [0, 0.1) is 0 Å². The third kappa shape index (κ3) is 10.7. The fourth-order valence-corrected chi connectivity index (χ4v) is 2.88. The Bertz CT molecular complexity index is 623. The van der Waals surface area contributed by atoms with Crippen LogP contribution in [0.2, 0.25) is 0 Å². The van der Waals surface area contributed by atoms with Crippen molar-refractivity contribution in [2.24, 2.45) is 11.5 Å². The first-order valence-electron chi connectivity index (χ1n) is 8.95. The minimum absolute atomic E-state index is 0.154. The van der Waals surface area contributed by atoms with Crippen molar-refractivity contribution < 1.29 is 34.2 Å². The Kier molecular flexibility index (Phi) is 13.9. The van der Waals surface area contributed by atoms with Gasteiger partial charge in [-0.1, -0.05) is 0 Å². The van der Waals surface area contributed by atoms with Gasteiger partial charge in [0, 0.05) is 12.2 Å². The number of nitrogens with one attached hydrogen (secondary N) is 3. The maximum Gasteiger partial charge on any atom is 0.326 e. The number of amides is 4. The molecule has 0 spiro atoms. The Balaban J connectivity index is 5.19. The van der Waals surface area contributed by atoms with Gasteiger partial charge in [0.1, 0.15) is 24.2 Å². The van der Waals surface area contributed by atoms with Crippen molar-refractivity contribution in [1.82, 2.24) is 16.0 Å². The topological polar surface area (TPSA) is 214 Å². The zero-order valence-electron chi connectivity index (χ0n) is 16.5. The molecule has 0 aliphatic carbocycles. The average Bonchev–Trinajstić information content (AvgIpc) is 2.70. The molecule has 172 valence electrons. The van der Waals surface area contributed by atoms with Crippen LogP contribution in [-0.2, 0) is 24.0 Å². The molecule has 0 aromatic rings. The summed E-state index contributed by atoms with van der Waals surface area (Å²) in [6.45, 7) is -0.662. The van der Waals surface area contributed by atoms with Crippen LogP contribution in [-0.4, -0.2) is 88.3 Å². The predicted octanol–water partition coefficient (Wildman–Crippen LogP) is -3.21. The van der Waals surface area contributed by atoms with E-state index in [9.17, 15) is 29.1 Å². The first-order valence-corrected chi connectivity index (χ1v) is 11.0. The number of thioether (sulfide) groups is 1. The number of carbonyl (C=O) groups is 5. The van der Waals surface area contributed by atoms with Gasteiger partial charge < -0.3 is 37.6 Å². The number of nitrogens with two attached hydrogens (primary N) is 2. The van der Waals surface area contributed by atoms with Gasteiger partial charge in [-0.3, -0.25) is 19.2 Å². The lowest BCUT2D eigenvalue weighted by Crippen LogP contribution is -2.58. The molecule has 0 aliphatic rings. The Morgan fingerprint density at radius 3 is 1.97 bits per heavy atom. The Labute approximate surface area is 183 Å². The van der Waals surface area contributed by atoms with E-state index in [1.165, 1.54) is 11.8 Å². The highest BCUT2D eigenvalue weighted by Crippen LogP contribution is 2.04. The van der Waals surface area contributed by atoms with Crippen LogP contribution in [0.15, 0.2) is 0 Å². The van der Waals surface area contributed by atoms with Gasteiger partial charge in [0.2, 0.25) is 23.6 Å². The van der Waals surface area contributed by atoms with Crippen molar-refractivity contribution >= 4 is 54.0 Å². The smallest absolute Gasteiger partial charge is 0.326 e. The third-order valence-electron chi connectivity index (χ3n) is 3.89. The molecule has 0 fully saturated rings. The molecule has 0 aromatic carbocycles. The van der Waals surface area contributed by atoms with Crippen molar-refractivity contribution in [3.05, 3.63) is 0 Å². The number of carboxylic acid groups (broad SMARTS) is 1. The van der Waals surface area contributed by atoms with E-state index in [0.29, 0.717) is 5.75 Å². The minimum atomic E-state index is -1.29. The number of aliphatic hydroxyl groups is 1. The van der Waals surface area contributed by atoms with E-state index >= 15 is 0 Å². The zero-order valence-corrected chi connectivity index (χ0v) is 18.2. The van der Waals surface area contributed by atoms with Gasteiger partial charge in [-0.25, -0.2) is 4.79 Å². The summed E-state index contributed by atoms with van der Waals surface area (Å²) in [5.74, 6) is -4.00. The normalized spacial score (nSPS) is 14.7. The van der Waals surface area contributed by atoms with Gasteiger partial charge in [-0.15, -0.1) is 0 Å². The second-order valence-electron chi connectivity index (χ2n) is 6.28. The fraction of sp³-hybridized carbons (Fsp3) is 0.688. The molecule has 9 N–H and O–H groups in total. The molecule has 4 unspecified atom stereocenters. The van der Waals surface area contributed by atoms with Gasteiger partial charge in [0.15, 0.2) is 0 Å². The quantitative estimate of drug-likeness (QED) is 0.114. The van der Waals surface area contributed by atoms with Gasteiger partial charge in [0.05, 0.1) is 6.61 Å². The SMILES string of the molecule is CSCCC(NC(=O)C(CS)NC(=O)C(CCC(N)=O)NC(=O)C(N)CO)C(=O)O. The number of thiol groups is 1. The van der Waals surface area contributed by atoms with Crippen LogP contribution < -0.4 is 27.4 Å². The standard InChI is InChI=1S/C16H29N5O7S2/c1-30-5-4-10(16(27)28)20-15(26)11(7-29)21-14(25)9(2-3-12(18)23)19-13(24)8(17)6-22/h8-11,22,29H,2-7,17H2,1H3,(H2,18,23)(H,19,24)(H,20,26)(H,21,25)(H,27,28). The molecule has 0 heterocycles. The monoisotopic (exact) mass is 467 g/mol. The number of primary amides is 1. The molecular formula is C16H29N5O7S2. The maximum atomic E-state index is 12.6. The molecule has 0 saturated carbocycles. The lowest BCUT2D eigenvalue weighted by molar-refractivity contribution is -0.142. The van der Waals surface area contributed by atoms with Gasteiger partial charge in [-0.05, 0) is 24.9 Å². The van der Waals surface area contributed by atoms with Crippen LogP contribution in [0.4, 0.5) is 0 Å². The predicted molar refractivity (Wildman–Crippen MR) is 114 cm³/mol. The largest absolute Gasteiger partial charge is 0.480 e. The number of carbonyl (C=O) groups excluding carboxylic acids is 4. The summed E-state index contributed by atoms with van der Waals surface area (Å²) in [5, 5.41) is 25.1. The van der Waals surface area contributed by atoms with E-state index < -0.39 is 60.4 Å². The van der Waals surface area contributed by atoms with Crippen molar-refractivity contribution in [2.75, 3.05) is 24.4 Å². The molecule has 0 radical (unpaired) electrons. The van der Waals surface area contributed by atoms with E-state index in [4.69, 9.17) is 16.6 Å². The number of carboxylic acids is 1. The lowest BCUT2D eigenvalue weighted by atomic mass is 10.1. The maximum absolute atomic E-state index is 12.6. The van der Waals surface area contributed by atoms with Crippen molar-refractivity contribution in [3.8, 4) is 0 Å². The molecule has 0 rings (SSSR count). The van der Waals surface area contributed by atoms with E-state index in [1.807, 2.05) is 0 Å². The second-order valence-corrected chi connectivity index (χ2v) is 7.63. The van der Waals surface area contributed by atoms with Crippen LogP contribution in [0.1, 0.15) is 19.3 Å². The molecule has 12 nitrogen and oxygen atoms in total. The first kappa shape index (κ1) is 28.0. The van der Waals surface area contributed by atoms with Crippen molar-refractivity contribution in [3.63, 3.8) is 0 Å². The number of aliphatic hydroxyl groups excluding tert-OH is 1. The summed E-state index contributed by atoms with van der Waals surface area (Å²) < 4.78 is 0. The van der Waals surface area contributed by atoms with Gasteiger partial charge in [0.25, 0.3) is 0 Å². The summed E-state index contributed by atoms with van der Waals surface area (Å²) in [5.41, 5.74) is 10.5. The Morgan fingerprint density at radius 1 is 0.967 bits per heavy atom. The van der Waals surface area contributed by atoms with Crippen molar-refractivity contribution in [2.45, 2.75) is 43.4 Å². The van der Waals surface area contributed by atoms with E-state index in [0.717, 1.165) is 0 Å². The van der Waals surface area contributed by atoms with Crippen LogP contribution in [0.3, 0.4) is 0 Å². The third-order valence-corrected chi connectivity index (χ3v) is 4.90. The van der Waals surface area contributed by atoms with Gasteiger partial charge >= 0.3 is 5.97 Å². The highest BCUT2D eigenvalue weighted by Gasteiger charge is 2.29. The molecule has 0 aliphatic heterocycles. The molecule has 0 saturated heterocycles. The highest BCUT2D eigenvalue weighted by molar-refractivity contribution is 7.98. The summed E-state index contributed by atoms with van der Waals surface area (Å²) in [4.78, 5) is 59.2. The Hall–Kier alpha value is -2.03. The molecule has 30 heavy (non-hydrogen) atoms. The number of hydrogen-bond acceptors (Lipinski definition) is 9. The molecule has 4 atom stereocenters. The average molecular weight is 468 g/mol. The summed E-state index contributed by atoms with van der Waals surface area (Å²) in [7, 11) is 0. The molecule has 4 amide bonds. The van der Waals surface area contributed by atoms with E-state index in [2.05, 4.69) is 28.6 Å².